The number of carbonyl (C=O) groups excluding carboxylic acids is 1. The van der Waals surface area contributed by atoms with Gasteiger partial charge < -0.3 is 10.2 Å². The molecule has 0 atom stereocenters. The number of carboxylic acids is 1. The monoisotopic (exact) mass is 340 g/mol. The van der Waals surface area contributed by atoms with Gasteiger partial charge in [0.1, 0.15) is 5.78 Å². The highest BCUT2D eigenvalue weighted by molar-refractivity contribution is 5.83. The number of hydrogen-bond acceptors (Lipinski definition) is 3. The topological polar surface area (TPSA) is 74.6 Å². The predicted octanol–water partition coefficient (Wildman–Crippen LogP) is 5.67. The zero-order valence-electron chi connectivity index (χ0n) is 16.4. The molecule has 2 rings (SSSR count). The molecule has 0 unspecified atom stereocenters. The highest BCUT2D eigenvalue weighted by atomic mass is 16.4. The summed E-state index contributed by atoms with van der Waals surface area (Å²) in [6.45, 7) is 12.5. The van der Waals surface area contributed by atoms with E-state index in [1.165, 1.54) is 12.0 Å². The third kappa shape index (κ3) is 7.98. The molecule has 0 aromatic heterocycles. The van der Waals surface area contributed by atoms with Crippen LogP contribution in [-0.4, -0.2) is 22.0 Å². The van der Waals surface area contributed by atoms with Crippen molar-refractivity contribution in [3.8, 4) is 0 Å². The van der Waals surface area contributed by atoms with Gasteiger partial charge in [-0.05, 0) is 50.5 Å². The number of Topliss-reactive ketones (excluding diaryl/α,β-unsaturated/α-hetero) is 1. The summed E-state index contributed by atoms with van der Waals surface area (Å²) in [6.07, 6.45) is 6.17. The Labute approximate surface area is 147 Å². The van der Waals surface area contributed by atoms with Crippen molar-refractivity contribution in [3.05, 3.63) is 11.3 Å². The highest BCUT2D eigenvalue weighted by Crippen LogP contribution is 2.37. The van der Waals surface area contributed by atoms with Crippen LogP contribution >= 0.6 is 0 Å². The van der Waals surface area contributed by atoms with Crippen LogP contribution in [-0.2, 0) is 9.59 Å². The normalized spacial score (nSPS) is 21.8. The van der Waals surface area contributed by atoms with E-state index in [1.54, 1.807) is 6.92 Å². The van der Waals surface area contributed by atoms with Gasteiger partial charge in [0.25, 0.3) is 0 Å². The summed E-state index contributed by atoms with van der Waals surface area (Å²) >= 11 is 0. The number of aliphatic hydroxyl groups is 1. The molecule has 0 aliphatic heterocycles. The van der Waals surface area contributed by atoms with Crippen LogP contribution in [0.25, 0.3) is 0 Å². The van der Waals surface area contributed by atoms with E-state index in [2.05, 4.69) is 27.7 Å². The SMILES string of the molecule is CC1(C(=O)O)CCC(=O)CC1.CC1=C(O)CCC(C)(C)C1.CCC. The number of aliphatic hydroxyl groups excluding tert-OH is 1. The molecular formula is C20H36O4. The first kappa shape index (κ1) is 22.7. The van der Waals surface area contributed by atoms with Crippen LogP contribution in [0.4, 0.5) is 0 Å². The van der Waals surface area contributed by atoms with Gasteiger partial charge in [-0.3, -0.25) is 9.59 Å². The standard InChI is InChI=1S/C9H16O.C8H12O3.C3H8/c1-7-6-9(2,3)5-4-8(7)10;1-8(7(10)11)4-2-6(9)3-5-8;1-3-2/h10H,4-6H2,1-3H3;2-5H2,1H3,(H,10,11);3H2,1-2H3. The van der Waals surface area contributed by atoms with E-state index >= 15 is 0 Å². The number of carboxylic acid groups (broad SMARTS) is 1. The predicted molar refractivity (Wildman–Crippen MR) is 98.1 cm³/mol. The van der Waals surface area contributed by atoms with E-state index in [0.717, 1.165) is 19.3 Å². The molecule has 0 aromatic rings. The summed E-state index contributed by atoms with van der Waals surface area (Å²) in [6, 6.07) is 0. The summed E-state index contributed by atoms with van der Waals surface area (Å²) in [5.74, 6) is 0.0491. The second-order valence-corrected chi connectivity index (χ2v) is 8.18. The zero-order valence-corrected chi connectivity index (χ0v) is 16.4. The van der Waals surface area contributed by atoms with Crippen LogP contribution in [0.3, 0.4) is 0 Å². The molecule has 0 heterocycles. The minimum Gasteiger partial charge on any atom is -0.512 e. The summed E-state index contributed by atoms with van der Waals surface area (Å²) in [7, 11) is 0. The van der Waals surface area contributed by atoms with E-state index in [1.807, 2.05) is 6.92 Å². The van der Waals surface area contributed by atoms with Crippen molar-refractivity contribution < 1.29 is 19.8 Å². The molecule has 2 N–H and O–H groups in total. The Balaban J connectivity index is 0.000000381. The van der Waals surface area contributed by atoms with Crippen LogP contribution in [0.15, 0.2) is 11.3 Å². The summed E-state index contributed by atoms with van der Waals surface area (Å²) < 4.78 is 0. The Morgan fingerprint density at radius 2 is 1.50 bits per heavy atom. The second-order valence-electron chi connectivity index (χ2n) is 8.18. The number of allylic oxidation sites excluding steroid dienone is 2. The number of hydrogen-bond donors (Lipinski definition) is 2. The summed E-state index contributed by atoms with van der Waals surface area (Å²) in [5.41, 5.74) is 0.945. The molecule has 0 amide bonds. The van der Waals surface area contributed by atoms with Crippen LogP contribution in [0.2, 0.25) is 0 Å². The largest absolute Gasteiger partial charge is 0.512 e. The smallest absolute Gasteiger partial charge is 0.309 e. The van der Waals surface area contributed by atoms with Crippen LogP contribution in [0.1, 0.15) is 92.9 Å². The van der Waals surface area contributed by atoms with E-state index < -0.39 is 11.4 Å². The zero-order chi connectivity index (χ0) is 19.0. The Morgan fingerprint density at radius 3 is 1.83 bits per heavy atom. The molecule has 24 heavy (non-hydrogen) atoms. The molecule has 140 valence electrons. The first-order valence-electron chi connectivity index (χ1n) is 9.10. The molecule has 4 heteroatoms. The minimum absolute atomic E-state index is 0.198. The van der Waals surface area contributed by atoms with Crippen LogP contribution in [0, 0.1) is 10.8 Å². The first-order valence-corrected chi connectivity index (χ1v) is 9.10. The van der Waals surface area contributed by atoms with Crippen molar-refractivity contribution in [2.24, 2.45) is 10.8 Å². The fourth-order valence-corrected chi connectivity index (χ4v) is 2.87. The fourth-order valence-electron chi connectivity index (χ4n) is 2.87. The molecule has 1 fully saturated rings. The lowest BCUT2D eigenvalue weighted by Crippen LogP contribution is -2.32. The van der Waals surface area contributed by atoms with Gasteiger partial charge in [0, 0.05) is 19.3 Å². The van der Waals surface area contributed by atoms with Gasteiger partial charge in [0.15, 0.2) is 0 Å². The average Bonchev–Trinajstić information content (AvgIpc) is 2.48. The van der Waals surface area contributed by atoms with Crippen molar-refractivity contribution >= 4 is 11.8 Å². The van der Waals surface area contributed by atoms with Gasteiger partial charge in [0.2, 0.25) is 0 Å². The molecule has 0 spiro atoms. The van der Waals surface area contributed by atoms with Gasteiger partial charge in [-0.1, -0.05) is 34.1 Å². The first-order chi connectivity index (χ1) is 11.0. The molecule has 0 aromatic carbocycles. The van der Waals surface area contributed by atoms with Gasteiger partial charge in [-0.25, -0.2) is 0 Å². The van der Waals surface area contributed by atoms with Crippen LogP contribution < -0.4 is 0 Å². The molecule has 2 aliphatic rings. The Hall–Kier alpha value is -1.32. The Kier molecular flexibility index (Phi) is 9.31. The van der Waals surface area contributed by atoms with E-state index in [-0.39, 0.29) is 5.78 Å². The molecule has 0 bridgehead atoms. The molecule has 0 saturated heterocycles. The Bertz CT molecular complexity index is 450. The number of carbonyl (C=O) groups is 2. The number of aliphatic carboxylic acids is 1. The lowest BCUT2D eigenvalue weighted by molar-refractivity contribution is -0.150. The average molecular weight is 341 g/mol. The van der Waals surface area contributed by atoms with E-state index in [0.29, 0.717) is 36.9 Å². The van der Waals surface area contributed by atoms with Crippen molar-refractivity contribution in [1.29, 1.82) is 0 Å². The maximum Gasteiger partial charge on any atom is 0.309 e. The van der Waals surface area contributed by atoms with Crippen LogP contribution in [0.5, 0.6) is 0 Å². The number of ketones is 1. The molecule has 4 nitrogen and oxygen atoms in total. The summed E-state index contributed by atoms with van der Waals surface area (Å²) in [5, 5.41) is 18.1. The van der Waals surface area contributed by atoms with Gasteiger partial charge >= 0.3 is 5.97 Å². The third-order valence-corrected chi connectivity index (χ3v) is 4.70. The van der Waals surface area contributed by atoms with E-state index in [9.17, 15) is 14.7 Å². The molecule has 0 radical (unpaired) electrons. The van der Waals surface area contributed by atoms with E-state index in [4.69, 9.17) is 5.11 Å². The fraction of sp³-hybridized carbons (Fsp3) is 0.800. The number of rotatable bonds is 1. The lowest BCUT2D eigenvalue weighted by atomic mass is 9.75. The Morgan fingerprint density at radius 1 is 1.04 bits per heavy atom. The lowest BCUT2D eigenvalue weighted by Gasteiger charge is -2.29. The maximum absolute atomic E-state index is 10.8. The summed E-state index contributed by atoms with van der Waals surface area (Å²) in [4.78, 5) is 21.5. The molecule has 2 aliphatic carbocycles. The molecule has 1 saturated carbocycles. The van der Waals surface area contributed by atoms with Crippen molar-refractivity contribution in [3.63, 3.8) is 0 Å². The second kappa shape index (κ2) is 9.85. The van der Waals surface area contributed by atoms with Gasteiger partial charge in [-0.15, -0.1) is 0 Å². The van der Waals surface area contributed by atoms with Crippen molar-refractivity contribution in [2.45, 2.75) is 92.9 Å². The molecular weight excluding hydrogens is 304 g/mol. The van der Waals surface area contributed by atoms with Crippen molar-refractivity contribution in [1.82, 2.24) is 0 Å². The maximum atomic E-state index is 10.8. The highest BCUT2D eigenvalue weighted by Gasteiger charge is 2.36. The van der Waals surface area contributed by atoms with Gasteiger partial charge in [-0.2, -0.15) is 0 Å². The van der Waals surface area contributed by atoms with Crippen molar-refractivity contribution in [2.75, 3.05) is 0 Å². The third-order valence-electron chi connectivity index (χ3n) is 4.70. The minimum atomic E-state index is -0.773. The quantitative estimate of drug-likeness (QED) is 0.645. The van der Waals surface area contributed by atoms with Gasteiger partial charge in [0.05, 0.1) is 11.2 Å².